The Kier molecular flexibility index (Phi) is 5.66. The fraction of sp³-hybridized carbons (Fsp3) is 1.00. The molecule has 0 aliphatic carbocycles. The van der Waals surface area contributed by atoms with Crippen LogP contribution in [0.5, 0.6) is 0 Å². The summed E-state index contributed by atoms with van der Waals surface area (Å²) in [5, 5.41) is 0. The van der Waals surface area contributed by atoms with Gasteiger partial charge in [0.15, 0.2) is 0 Å². The molecule has 0 aromatic carbocycles. The van der Waals surface area contributed by atoms with Gasteiger partial charge in [-0.3, -0.25) is 4.90 Å². The molecule has 3 aliphatic rings. The van der Waals surface area contributed by atoms with Crippen LogP contribution in [0.25, 0.3) is 0 Å². The van der Waals surface area contributed by atoms with Crippen LogP contribution in [-0.2, 0) is 0 Å². The van der Waals surface area contributed by atoms with Crippen LogP contribution in [0.4, 0.5) is 0 Å². The smallest absolute Gasteiger partial charge is 0.0254 e. The van der Waals surface area contributed by atoms with Crippen molar-refractivity contribution in [3.63, 3.8) is 0 Å². The number of hydrogen-bond donors (Lipinski definition) is 1. The van der Waals surface area contributed by atoms with Crippen molar-refractivity contribution in [1.82, 2.24) is 9.80 Å². The average molecular weight is 298 g/mol. The summed E-state index contributed by atoms with van der Waals surface area (Å²) in [5.74, 6) is 4.50. The maximum absolute atomic E-state index is 6.09. The highest BCUT2D eigenvalue weighted by atomic mass is 32.2. The third-order valence-corrected chi connectivity index (χ3v) is 6.77. The number of piperidine rings is 1. The van der Waals surface area contributed by atoms with E-state index in [1.54, 1.807) is 0 Å². The normalized spacial score (nSPS) is 31.9. The highest BCUT2D eigenvalue weighted by molar-refractivity contribution is 7.99. The van der Waals surface area contributed by atoms with Gasteiger partial charge < -0.3 is 10.6 Å². The molecule has 2 N–H and O–H groups in total. The Morgan fingerprint density at radius 2 is 1.80 bits per heavy atom. The van der Waals surface area contributed by atoms with E-state index in [0.29, 0.717) is 6.04 Å². The molecule has 3 saturated heterocycles. The van der Waals surface area contributed by atoms with Crippen LogP contribution in [0.15, 0.2) is 0 Å². The van der Waals surface area contributed by atoms with Crippen LogP contribution < -0.4 is 5.73 Å². The molecular formula is C16H31N3S. The average Bonchev–Trinajstić information content (AvgIpc) is 3.15. The first-order valence-corrected chi connectivity index (χ1v) is 9.76. The lowest BCUT2D eigenvalue weighted by molar-refractivity contribution is 0.0934. The van der Waals surface area contributed by atoms with Gasteiger partial charge in [-0.1, -0.05) is 0 Å². The van der Waals surface area contributed by atoms with E-state index in [2.05, 4.69) is 21.6 Å². The zero-order valence-corrected chi connectivity index (χ0v) is 13.6. The largest absolute Gasteiger partial charge is 0.329 e. The van der Waals surface area contributed by atoms with Gasteiger partial charge in [-0.05, 0) is 81.6 Å². The van der Waals surface area contributed by atoms with E-state index in [4.69, 9.17) is 5.73 Å². The Labute approximate surface area is 128 Å². The predicted octanol–water partition coefficient (Wildman–Crippen LogP) is 1.87. The van der Waals surface area contributed by atoms with Gasteiger partial charge in [0.25, 0.3) is 0 Å². The second-order valence-corrected chi connectivity index (χ2v) is 8.06. The van der Waals surface area contributed by atoms with Crippen molar-refractivity contribution in [1.29, 1.82) is 0 Å². The summed E-state index contributed by atoms with van der Waals surface area (Å²) >= 11 is 2.12. The summed E-state index contributed by atoms with van der Waals surface area (Å²) in [6, 6.07) is 0.665. The van der Waals surface area contributed by atoms with Gasteiger partial charge >= 0.3 is 0 Å². The molecule has 116 valence electrons. The quantitative estimate of drug-likeness (QED) is 0.840. The van der Waals surface area contributed by atoms with E-state index in [1.807, 2.05) is 0 Å². The highest BCUT2D eigenvalue weighted by Crippen LogP contribution is 2.31. The molecule has 3 rings (SSSR count). The molecule has 0 aromatic rings. The molecule has 2 unspecified atom stereocenters. The van der Waals surface area contributed by atoms with Crippen LogP contribution in [0.1, 0.15) is 32.1 Å². The van der Waals surface area contributed by atoms with Gasteiger partial charge in [0.05, 0.1) is 0 Å². The van der Waals surface area contributed by atoms with E-state index in [9.17, 15) is 0 Å². The first kappa shape index (κ1) is 15.1. The number of likely N-dealkylation sites (tertiary alicyclic amines) is 2. The molecule has 0 saturated carbocycles. The predicted molar refractivity (Wildman–Crippen MR) is 88.2 cm³/mol. The van der Waals surface area contributed by atoms with E-state index in [0.717, 1.165) is 18.4 Å². The summed E-state index contributed by atoms with van der Waals surface area (Å²) < 4.78 is 0. The number of nitrogens with two attached hydrogens (primary N) is 1. The van der Waals surface area contributed by atoms with Crippen molar-refractivity contribution in [2.45, 2.75) is 38.1 Å². The molecule has 4 heteroatoms. The maximum Gasteiger partial charge on any atom is 0.0254 e. The lowest BCUT2D eigenvalue weighted by atomic mass is 9.91. The topological polar surface area (TPSA) is 32.5 Å². The molecule has 0 radical (unpaired) electrons. The first-order valence-electron chi connectivity index (χ1n) is 8.61. The molecule has 3 nitrogen and oxygen atoms in total. The molecule has 3 fully saturated rings. The maximum atomic E-state index is 6.09. The Bertz CT molecular complexity index is 279. The van der Waals surface area contributed by atoms with Gasteiger partial charge in [-0.25, -0.2) is 0 Å². The molecule has 0 aromatic heterocycles. The zero-order chi connectivity index (χ0) is 13.8. The minimum absolute atomic E-state index is 0.665. The van der Waals surface area contributed by atoms with Gasteiger partial charge in [0.2, 0.25) is 0 Å². The standard InChI is InChI=1S/C16H31N3S/c17-11-16(15-5-10-20-13-15)19-8-3-14(4-9-19)12-18-6-1-2-7-18/h14-16H,1-13,17H2. The summed E-state index contributed by atoms with van der Waals surface area (Å²) in [4.78, 5) is 5.41. The minimum Gasteiger partial charge on any atom is -0.329 e. The van der Waals surface area contributed by atoms with Gasteiger partial charge in [0.1, 0.15) is 0 Å². The molecule has 0 bridgehead atoms. The number of nitrogens with zero attached hydrogens (tertiary/aromatic N) is 2. The van der Waals surface area contributed by atoms with Gasteiger partial charge in [-0.15, -0.1) is 0 Å². The van der Waals surface area contributed by atoms with Crippen LogP contribution in [-0.4, -0.2) is 66.6 Å². The lowest BCUT2D eigenvalue weighted by Crippen LogP contribution is -2.50. The Morgan fingerprint density at radius 3 is 2.40 bits per heavy atom. The minimum atomic E-state index is 0.665. The van der Waals surface area contributed by atoms with Crippen LogP contribution in [0.2, 0.25) is 0 Å². The van der Waals surface area contributed by atoms with Crippen molar-refractivity contribution in [3.8, 4) is 0 Å². The molecule has 0 spiro atoms. The Balaban J connectivity index is 1.44. The third kappa shape index (κ3) is 3.70. The number of rotatable bonds is 5. The fourth-order valence-electron chi connectivity index (χ4n) is 4.29. The van der Waals surface area contributed by atoms with Crippen LogP contribution in [0, 0.1) is 11.8 Å². The summed E-state index contributed by atoms with van der Waals surface area (Å²) in [7, 11) is 0. The fourth-order valence-corrected chi connectivity index (χ4v) is 5.62. The van der Waals surface area contributed by atoms with Crippen molar-refractivity contribution in [3.05, 3.63) is 0 Å². The van der Waals surface area contributed by atoms with E-state index < -0.39 is 0 Å². The van der Waals surface area contributed by atoms with Crippen molar-refractivity contribution < 1.29 is 0 Å². The first-order chi connectivity index (χ1) is 9.86. The summed E-state index contributed by atoms with van der Waals surface area (Å²) in [5.41, 5.74) is 6.09. The Morgan fingerprint density at radius 1 is 1.05 bits per heavy atom. The van der Waals surface area contributed by atoms with E-state index in [1.165, 1.54) is 76.3 Å². The Hall–Kier alpha value is 0.230. The van der Waals surface area contributed by atoms with Crippen molar-refractivity contribution in [2.75, 3.05) is 50.8 Å². The summed E-state index contributed by atoms with van der Waals surface area (Å²) in [6.07, 6.45) is 7.03. The SMILES string of the molecule is NCC(C1CCSC1)N1CCC(CN2CCCC2)CC1. The molecule has 0 amide bonds. The molecule has 3 heterocycles. The number of hydrogen-bond acceptors (Lipinski definition) is 4. The van der Waals surface area contributed by atoms with Gasteiger partial charge in [0, 0.05) is 19.1 Å². The molecule has 2 atom stereocenters. The van der Waals surface area contributed by atoms with E-state index >= 15 is 0 Å². The molecule has 3 aliphatic heterocycles. The monoisotopic (exact) mass is 297 g/mol. The van der Waals surface area contributed by atoms with Crippen molar-refractivity contribution >= 4 is 11.8 Å². The zero-order valence-electron chi connectivity index (χ0n) is 12.8. The second-order valence-electron chi connectivity index (χ2n) is 6.91. The van der Waals surface area contributed by atoms with Gasteiger partial charge in [-0.2, -0.15) is 11.8 Å². The van der Waals surface area contributed by atoms with E-state index in [-0.39, 0.29) is 0 Å². The molecule has 20 heavy (non-hydrogen) atoms. The summed E-state index contributed by atoms with van der Waals surface area (Å²) in [6.45, 7) is 7.52. The van der Waals surface area contributed by atoms with Crippen LogP contribution >= 0.6 is 11.8 Å². The van der Waals surface area contributed by atoms with Crippen LogP contribution in [0.3, 0.4) is 0 Å². The number of thioether (sulfide) groups is 1. The van der Waals surface area contributed by atoms with Crippen molar-refractivity contribution in [2.24, 2.45) is 17.6 Å². The second kappa shape index (κ2) is 7.48. The lowest BCUT2D eigenvalue weighted by Gasteiger charge is -2.40. The molecular weight excluding hydrogens is 266 g/mol. The highest BCUT2D eigenvalue weighted by Gasteiger charge is 2.32. The third-order valence-electron chi connectivity index (χ3n) is 5.58.